The van der Waals surface area contributed by atoms with Gasteiger partial charge in [-0.15, -0.1) is 0 Å². The molecule has 1 fully saturated rings. The van der Waals surface area contributed by atoms with Gasteiger partial charge in [-0.25, -0.2) is 0 Å². The maximum absolute atomic E-state index is 13.6. The molecule has 2 atom stereocenters. The van der Waals surface area contributed by atoms with Crippen molar-refractivity contribution in [3.05, 3.63) is 94.9 Å². The van der Waals surface area contributed by atoms with E-state index in [1.54, 1.807) is 18.4 Å². The van der Waals surface area contributed by atoms with Crippen LogP contribution in [0.25, 0.3) is 0 Å². The van der Waals surface area contributed by atoms with Crippen LogP contribution in [0.3, 0.4) is 0 Å². The Morgan fingerprint density at radius 2 is 1.21 bits per heavy atom. The third kappa shape index (κ3) is 1.94. The van der Waals surface area contributed by atoms with Crippen LogP contribution in [0.5, 0.6) is 0 Å². The number of imide groups is 1. The smallest absolute Gasteiger partial charge is 0.235 e. The largest absolute Gasteiger partial charge is 0.467 e. The summed E-state index contributed by atoms with van der Waals surface area (Å²) in [5.41, 5.74) is 4.16. The molecule has 2 heterocycles. The Balaban J connectivity index is 1.62. The molecule has 4 nitrogen and oxygen atoms in total. The van der Waals surface area contributed by atoms with Crippen LogP contribution in [0.15, 0.2) is 71.3 Å². The van der Waals surface area contributed by atoms with Crippen LogP contribution >= 0.6 is 31.9 Å². The molecule has 2 bridgehead atoms. The number of hydrogen-bond donors (Lipinski definition) is 0. The molecule has 4 aliphatic rings. The van der Waals surface area contributed by atoms with Gasteiger partial charge in [-0.05, 0) is 34.4 Å². The van der Waals surface area contributed by atoms with Gasteiger partial charge in [0.15, 0.2) is 0 Å². The number of alkyl halides is 2. The van der Waals surface area contributed by atoms with Crippen molar-refractivity contribution in [2.45, 2.75) is 15.2 Å². The molecule has 1 aromatic heterocycles. The van der Waals surface area contributed by atoms with Crippen molar-refractivity contribution in [2.75, 3.05) is 0 Å². The van der Waals surface area contributed by atoms with Crippen LogP contribution in [-0.4, -0.2) is 16.7 Å². The van der Waals surface area contributed by atoms with E-state index in [1.165, 1.54) is 4.90 Å². The number of likely N-dealkylation sites (tertiary alicyclic amines) is 1. The van der Waals surface area contributed by atoms with E-state index in [9.17, 15) is 9.59 Å². The molecule has 0 radical (unpaired) electrons. The second-order valence-corrected chi connectivity index (χ2v) is 10.3. The van der Waals surface area contributed by atoms with E-state index in [0.717, 1.165) is 22.3 Å². The normalized spacial score (nSPS) is 31.6. The Labute approximate surface area is 184 Å². The average molecular weight is 513 g/mol. The van der Waals surface area contributed by atoms with Crippen LogP contribution in [0.4, 0.5) is 0 Å². The van der Waals surface area contributed by atoms with Crippen molar-refractivity contribution >= 4 is 43.7 Å². The number of benzene rings is 2. The number of nitrogens with zero attached hydrogens (tertiary/aromatic N) is 1. The Kier molecular flexibility index (Phi) is 3.47. The van der Waals surface area contributed by atoms with Gasteiger partial charge in [0.2, 0.25) is 11.8 Å². The molecule has 0 spiro atoms. The first-order valence-corrected chi connectivity index (χ1v) is 11.0. The van der Waals surface area contributed by atoms with E-state index in [2.05, 4.69) is 56.1 Å². The summed E-state index contributed by atoms with van der Waals surface area (Å²) in [5.74, 6) is -0.801. The zero-order valence-electron chi connectivity index (χ0n) is 15.1. The SMILES string of the molecule is O=C1C2C(C(=O)N1Cc1ccco1)C1(Br)c3ccccc3C2(Br)c2ccccc21. The van der Waals surface area contributed by atoms with Gasteiger partial charge >= 0.3 is 0 Å². The van der Waals surface area contributed by atoms with Gasteiger partial charge in [0.1, 0.15) is 5.76 Å². The summed E-state index contributed by atoms with van der Waals surface area (Å²) in [4.78, 5) is 28.7. The van der Waals surface area contributed by atoms with Crippen molar-refractivity contribution in [1.29, 1.82) is 0 Å². The summed E-state index contributed by atoms with van der Waals surface area (Å²) in [7, 11) is 0. The molecule has 2 aromatic carbocycles. The Bertz CT molecular complexity index is 1060. The second kappa shape index (κ2) is 5.70. The maximum Gasteiger partial charge on any atom is 0.235 e. The number of carbonyl (C=O) groups excluding carboxylic acids is 2. The molecule has 2 unspecified atom stereocenters. The van der Waals surface area contributed by atoms with Crippen LogP contribution in [-0.2, 0) is 24.8 Å². The molecule has 3 aliphatic carbocycles. The summed E-state index contributed by atoms with van der Waals surface area (Å²) in [5, 5.41) is 0. The Morgan fingerprint density at radius 3 is 1.59 bits per heavy atom. The number of furan rings is 1. The Hall–Kier alpha value is -2.18. The molecule has 1 aliphatic heterocycles. The van der Waals surface area contributed by atoms with Crippen molar-refractivity contribution < 1.29 is 14.0 Å². The fraction of sp³-hybridized carbons (Fsp3) is 0.217. The van der Waals surface area contributed by atoms with Gasteiger partial charge < -0.3 is 4.42 Å². The summed E-state index contributed by atoms with van der Waals surface area (Å²) >= 11 is 7.98. The van der Waals surface area contributed by atoms with E-state index in [-0.39, 0.29) is 18.4 Å². The number of carbonyl (C=O) groups is 2. The van der Waals surface area contributed by atoms with Crippen LogP contribution in [0, 0.1) is 11.8 Å². The van der Waals surface area contributed by atoms with Gasteiger partial charge in [0, 0.05) is 0 Å². The third-order valence-corrected chi connectivity index (χ3v) is 9.27. The van der Waals surface area contributed by atoms with E-state index in [4.69, 9.17) is 4.42 Å². The molecular formula is C23H15Br2NO3. The maximum atomic E-state index is 13.6. The highest BCUT2D eigenvalue weighted by Gasteiger charge is 2.72. The zero-order valence-corrected chi connectivity index (χ0v) is 18.3. The third-order valence-electron chi connectivity index (χ3n) is 6.57. The molecule has 2 amide bonds. The lowest BCUT2D eigenvalue weighted by Gasteiger charge is -2.55. The predicted molar refractivity (Wildman–Crippen MR) is 114 cm³/mol. The Morgan fingerprint density at radius 1 is 0.759 bits per heavy atom. The van der Waals surface area contributed by atoms with Gasteiger partial charge in [-0.1, -0.05) is 80.4 Å². The molecule has 7 rings (SSSR count). The highest BCUT2D eigenvalue weighted by Crippen LogP contribution is 2.70. The molecule has 29 heavy (non-hydrogen) atoms. The van der Waals surface area contributed by atoms with Gasteiger partial charge in [-0.3, -0.25) is 14.5 Å². The number of amides is 2. The van der Waals surface area contributed by atoms with E-state index in [0.29, 0.717) is 5.76 Å². The first kappa shape index (κ1) is 17.7. The van der Waals surface area contributed by atoms with Crippen molar-refractivity contribution in [1.82, 2.24) is 4.90 Å². The fourth-order valence-corrected chi connectivity index (χ4v) is 7.74. The molecule has 1 saturated heterocycles. The summed E-state index contributed by atoms with van der Waals surface area (Å²) < 4.78 is 3.93. The van der Waals surface area contributed by atoms with Crippen molar-refractivity contribution in [3.8, 4) is 0 Å². The number of hydrogen-bond acceptors (Lipinski definition) is 3. The van der Waals surface area contributed by atoms with Gasteiger partial charge in [-0.2, -0.15) is 0 Å². The highest BCUT2D eigenvalue weighted by molar-refractivity contribution is 9.10. The predicted octanol–water partition coefficient (Wildman–Crippen LogP) is 4.69. The summed E-state index contributed by atoms with van der Waals surface area (Å²) in [6, 6.07) is 19.7. The fourth-order valence-electron chi connectivity index (χ4n) is 5.44. The lowest BCUT2D eigenvalue weighted by molar-refractivity contribution is -0.141. The topological polar surface area (TPSA) is 50.5 Å². The highest BCUT2D eigenvalue weighted by atomic mass is 79.9. The van der Waals surface area contributed by atoms with Crippen LogP contribution < -0.4 is 0 Å². The first-order chi connectivity index (χ1) is 14.0. The van der Waals surface area contributed by atoms with E-state index in [1.807, 2.05) is 24.3 Å². The molecule has 0 N–H and O–H groups in total. The molecular weight excluding hydrogens is 498 g/mol. The average Bonchev–Trinajstić information content (AvgIpc) is 3.34. The standard InChI is InChI=1S/C23H15Br2NO3/c24-22-14-7-1-2-8-15(14)23(25,17-10-4-3-9-16(17)22)19-18(22)20(27)26(21(19)28)12-13-6-5-11-29-13/h1-11,18-19H,12H2. The molecule has 6 heteroatoms. The minimum absolute atomic E-state index is 0.149. The molecule has 3 aromatic rings. The number of rotatable bonds is 2. The second-order valence-electron chi connectivity index (χ2n) is 7.81. The van der Waals surface area contributed by atoms with E-state index < -0.39 is 20.5 Å². The summed E-state index contributed by atoms with van der Waals surface area (Å²) in [6.07, 6.45) is 1.56. The van der Waals surface area contributed by atoms with Gasteiger partial charge in [0.25, 0.3) is 0 Å². The monoisotopic (exact) mass is 511 g/mol. The molecule has 144 valence electrons. The van der Waals surface area contributed by atoms with Crippen molar-refractivity contribution in [2.24, 2.45) is 11.8 Å². The zero-order chi connectivity index (χ0) is 20.0. The minimum atomic E-state index is -0.745. The van der Waals surface area contributed by atoms with E-state index >= 15 is 0 Å². The first-order valence-electron chi connectivity index (χ1n) is 9.44. The molecule has 0 saturated carbocycles. The lowest BCUT2D eigenvalue weighted by atomic mass is 9.54. The minimum Gasteiger partial charge on any atom is -0.467 e. The van der Waals surface area contributed by atoms with Crippen LogP contribution in [0.1, 0.15) is 28.0 Å². The lowest BCUT2D eigenvalue weighted by Crippen LogP contribution is -2.56. The van der Waals surface area contributed by atoms with Crippen LogP contribution in [0.2, 0.25) is 0 Å². The number of halogens is 2. The summed E-state index contributed by atoms with van der Waals surface area (Å²) in [6.45, 7) is 0.149. The van der Waals surface area contributed by atoms with Crippen molar-refractivity contribution in [3.63, 3.8) is 0 Å². The quantitative estimate of drug-likeness (QED) is 0.370. The van der Waals surface area contributed by atoms with Gasteiger partial charge in [0.05, 0.1) is 33.3 Å².